The quantitative estimate of drug-likeness (QED) is 0.812. The Morgan fingerprint density at radius 1 is 1.53 bits per heavy atom. The second-order valence-corrected chi connectivity index (χ2v) is 5.72. The summed E-state index contributed by atoms with van der Waals surface area (Å²) in [6.07, 6.45) is 2.31. The van der Waals surface area contributed by atoms with E-state index in [1.807, 2.05) is 11.4 Å². The molecule has 19 heavy (non-hydrogen) atoms. The maximum atomic E-state index is 11.9. The van der Waals surface area contributed by atoms with Crippen molar-refractivity contribution in [2.75, 3.05) is 13.2 Å². The average Bonchev–Trinajstić information content (AvgIpc) is 2.79. The van der Waals surface area contributed by atoms with Gasteiger partial charge in [-0.1, -0.05) is 0 Å². The standard InChI is InChI=1S/C12H14BrN3O2S/c13-10-2-5-19-11(10)8-16-12(17)6-9(7-15-16)18-4-1-3-14/h2,5-7H,1,3-4,8,14H2. The molecule has 0 radical (unpaired) electrons. The number of ether oxygens (including phenoxy) is 1. The summed E-state index contributed by atoms with van der Waals surface area (Å²) in [6.45, 7) is 1.52. The Morgan fingerprint density at radius 3 is 3.00 bits per heavy atom. The Morgan fingerprint density at radius 2 is 2.37 bits per heavy atom. The lowest BCUT2D eigenvalue weighted by Gasteiger charge is -2.07. The van der Waals surface area contributed by atoms with Crippen molar-refractivity contribution in [3.8, 4) is 5.75 Å². The summed E-state index contributed by atoms with van der Waals surface area (Å²) in [6, 6.07) is 3.40. The predicted molar refractivity (Wildman–Crippen MR) is 78.8 cm³/mol. The fraction of sp³-hybridized carbons (Fsp3) is 0.333. The third kappa shape index (κ3) is 3.89. The average molecular weight is 344 g/mol. The van der Waals surface area contributed by atoms with E-state index in [9.17, 15) is 4.79 Å². The molecule has 0 atom stereocenters. The van der Waals surface area contributed by atoms with Crippen LogP contribution in [0.4, 0.5) is 0 Å². The van der Waals surface area contributed by atoms with Crippen LogP contribution in [-0.4, -0.2) is 22.9 Å². The van der Waals surface area contributed by atoms with Crippen molar-refractivity contribution in [1.29, 1.82) is 0 Å². The number of nitrogens with zero attached hydrogens (tertiary/aromatic N) is 2. The first-order valence-corrected chi connectivity index (χ1v) is 7.50. The highest BCUT2D eigenvalue weighted by molar-refractivity contribution is 9.10. The molecule has 5 nitrogen and oxygen atoms in total. The van der Waals surface area contributed by atoms with E-state index in [1.54, 1.807) is 17.5 Å². The minimum atomic E-state index is -0.175. The first kappa shape index (κ1) is 14.2. The van der Waals surface area contributed by atoms with Crippen LogP contribution in [0.5, 0.6) is 5.75 Å². The van der Waals surface area contributed by atoms with Gasteiger partial charge in [0, 0.05) is 15.4 Å². The molecule has 0 aliphatic carbocycles. The van der Waals surface area contributed by atoms with E-state index in [2.05, 4.69) is 21.0 Å². The molecule has 0 saturated heterocycles. The van der Waals surface area contributed by atoms with E-state index in [4.69, 9.17) is 10.5 Å². The zero-order chi connectivity index (χ0) is 13.7. The fourth-order valence-corrected chi connectivity index (χ4v) is 2.92. The Labute approximate surface area is 123 Å². The molecule has 0 bridgehead atoms. The summed E-state index contributed by atoms with van der Waals surface area (Å²) in [5.74, 6) is 0.486. The van der Waals surface area contributed by atoms with Gasteiger partial charge in [-0.05, 0) is 40.3 Å². The van der Waals surface area contributed by atoms with Crippen molar-refractivity contribution in [2.45, 2.75) is 13.0 Å². The van der Waals surface area contributed by atoms with Gasteiger partial charge in [0.25, 0.3) is 5.56 Å². The fourth-order valence-electron chi connectivity index (χ4n) is 1.46. The Hall–Kier alpha value is -1.18. The molecule has 0 aromatic carbocycles. The van der Waals surface area contributed by atoms with Crippen LogP contribution < -0.4 is 16.0 Å². The third-order valence-electron chi connectivity index (χ3n) is 2.45. The molecular weight excluding hydrogens is 330 g/mol. The summed E-state index contributed by atoms with van der Waals surface area (Å²) < 4.78 is 7.78. The lowest BCUT2D eigenvalue weighted by Crippen LogP contribution is -2.22. The molecule has 0 fully saturated rings. The molecule has 7 heteroatoms. The monoisotopic (exact) mass is 343 g/mol. The second-order valence-electron chi connectivity index (χ2n) is 3.87. The molecule has 2 aromatic rings. The van der Waals surface area contributed by atoms with Gasteiger partial charge in [-0.15, -0.1) is 11.3 Å². The van der Waals surface area contributed by atoms with Gasteiger partial charge in [-0.25, -0.2) is 4.68 Å². The van der Waals surface area contributed by atoms with Crippen molar-refractivity contribution < 1.29 is 4.74 Å². The highest BCUT2D eigenvalue weighted by Gasteiger charge is 2.06. The van der Waals surface area contributed by atoms with Gasteiger partial charge >= 0.3 is 0 Å². The van der Waals surface area contributed by atoms with Gasteiger partial charge in [0.2, 0.25) is 0 Å². The zero-order valence-corrected chi connectivity index (χ0v) is 12.6. The van der Waals surface area contributed by atoms with Crippen LogP contribution in [0.1, 0.15) is 11.3 Å². The number of hydrogen-bond donors (Lipinski definition) is 1. The Kier molecular flexibility index (Phi) is 5.12. The largest absolute Gasteiger partial charge is 0.492 e. The normalized spacial score (nSPS) is 10.6. The van der Waals surface area contributed by atoms with Crippen molar-refractivity contribution in [2.24, 2.45) is 5.73 Å². The van der Waals surface area contributed by atoms with Gasteiger partial charge in [-0.3, -0.25) is 4.79 Å². The van der Waals surface area contributed by atoms with Gasteiger partial charge in [0.1, 0.15) is 5.75 Å². The van der Waals surface area contributed by atoms with Crippen LogP contribution in [0.3, 0.4) is 0 Å². The van der Waals surface area contributed by atoms with Crippen molar-refractivity contribution >= 4 is 27.3 Å². The minimum Gasteiger partial charge on any atom is -0.492 e. The van der Waals surface area contributed by atoms with E-state index >= 15 is 0 Å². The van der Waals surface area contributed by atoms with Crippen LogP contribution in [0.2, 0.25) is 0 Å². The lowest BCUT2D eigenvalue weighted by molar-refractivity contribution is 0.309. The molecule has 0 amide bonds. The third-order valence-corrected chi connectivity index (χ3v) is 4.36. The van der Waals surface area contributed by atoms with Crippen molar-refractivity contribution in [3.05, 3.63) is 43.4 Å². The predicted octanol–water partition coefficient (Wildman–Crippen LogP) is 1.84. The molecule has 102 valence electrons. The molecule has 0 saturated carbocycles. The molecule has 2 aromatic heterocycles. The van der Waals surface area contributed by atoms with E-state index in [1.165, 1.54) is 10.7 Å². The summed E-state index contributed by atoms with van der Waals surface area (Å²) in [7, 11) is 0. The summed E-state index contributed by atoms with van der Waals surface area (Å²) >= 11 is 5.02. The first-order valence-electron chi connectivity index (χ1n) is 5.82. The Balaban J connectivity index is 2.07. The van der Waals surface area contributed by atoms with Gasteiger partial charge in [0.15, 0.2) is 0 Å². The van der Waals surface area contributed by atoms with Crippen molar-refractivity contribution in [1.82, 2.24) is 9.78 Å². The zero-order valence-electron chi connectivity index (χ0n) is 10.2. The van der Waals surface area contributed by atoms with Crippen LogP contribution in [-0.2, 0) is 6.54 Å². The van der Waals surface area contributed by atoms with Crippen LogP contribution in [0, 0.1) is 0 Å². The summed E-state index contributed by atoms with van der Waals surface area (Å²) in [5.41, 5.74) is 5.20. The molecular formula is C12H14BrN3O2S. The minimum absolute atomic E-state index is 0.175. The molecule has 2 heterocycles. The number of aromatic nitrogens is 2. The van der Waals surface area contributed by atoms with E-state index in [-0.39, 0.29) is 5.56 Å². The van der Waals surface area contributed by atoms with Gasteiger partial charge < -0.3 is 10.5 Å². The summed E-state index contributed by atoms with van der Waals surface area (Å²) in [4.78, 5) is 13.0. The molecule has 0 spiro atoms. The van der Waals surface area contributed by atoms with E-state index in [0.717, 1.165) is 15.8 Å². The van der Waals surface area contributed by atoms with Gasteiger partial charge in [0.05, 0.1) is 19.3 Å². The maximum Gasteiger partial charge on any atom is 0.270 e. The summed E-state index contributed by atoms with van der Waals surface area (Å²) in [5, 5.41) is 6.07. The van der Waals surface area contributed by atoms with Gasteiger partial charge in [-0.2, -0.15) is 5.10 Å². The lowest BCUT2D eigenvalue weighted by atomic mass is 10.4. The van der Waals surface area contributed by atoms with Crippen LogP contribution in [0.15, 0.2) is 33.0 Å². The molecule has 0 aliphatic heterocycles. The van der Waals surface area contributed by atoms with Crippen molar-refractivity contribution in [3.63, 3.8) is 0 Å². The number of nitrogens with two attached hydrogens (primary N) is 1. The topological polar surface area (TPSA) is 70.1 Å². The van der Waals surface area contributed by atoms with E-state index < -0.39 is 0 Å². The van der Waals surface area contributed by atoms with E-state index in [0.29, 0.717) is 25.4 Å². The SMILES string of the molecule is NCCCOc1cnn(Cc2sccc2Br)c(=O)c1. The number of halogens is 1. The maximum absolute atomic E-state index is 11.9. The molecule has 0 aliphatic rings. The number of rotatable bonds is 6. The first-order chi connectivity index (χ1) is 9.20. The Bertz CT molecular complexity index is 597. The van der Waals surface area contributed by atoms with Crippen LogP contribution in [0.25, 0.3) is 0 Å². The second kappa shape index (κ2) is 6.83. The number of hydrogen-bond acceptors (Lipinski definition) is 5. The number of thiophene rings is 1. The molecule has 0 unspecified atom stereocenters. The highest BCUT2D eigenvalue weighted by Crippen LogP contribution is 2.22. The van der Waals surface area contributed by atoms with Crippen LogP contribution >= 0.6 is 27.3 Å². The highest BCUT2D eigenvalue weighted by atomic mass is 79.9. The molecule has 2 rings (SSSR count). The smallest absolute Gasteiger partial charge is 0.270 e. The molecule has 2 N–H and O–H groups in total.